The number of hydrogen-bond donors (Lipinski definition) is 0. The Bertz CT molecular complexity index is 944. The van der Waals surface area contributed by atoms with E-state index in [4.69, 9.17) is 14.2 Å². The highest BCUT2D eigenvalue weighted by Gasteiger charge is 2.76. The van der Waals surface area contributed by atoms with E-state index < -0.39 is 14.4 Å². The molecule has 0 radical (unpaired) electrons. The van der Waals surface area contributed by atoms with Crippen LogP contribution in [0.4, 0.5) is 0 Å². The Morgan fingerprint density at radius 3 is 2.47 bits per heavy atom. The van der Waals surface area contributed by atoms with Crippen LogP contribution in [-0.2, 0) is 23.8 Å². The van der Waals surface area contributed by atoms with Gasteiger partial charge in [0.05, 0.1) is 12.7 Å². The average Bonchev–Trinajstić information content (AvgIpc) is 3.25. The molecule has 0 aromatic rings. The summed E-state index contributed by atoms with van der Waals surface area (Å²) in [7, 11) is 0. The van der Waals surface area contributed by atoms with Crippen molar-refractivity contribution in [3.63, 3.8) is 0 Å². The second-order valence-corrected chi connectivity index (χ2v) is 17.3. The van der Waals surface area contributed by atoms with E-state index in [2.05, 4.69) is 59.6 Å². The maximum absolute atomic E-state index is 14.7. The van der Waals surface area contributed by atoms with Gasteiger partial charge < -0.3 is 14.2 Å². The molecule has 2 heterocycles. The first-order valence-corrected chi connectivity index (χ1v) is 15.8. The molecular formula is C29H42Br2O5. The molecule has 36 heavy (non-hydrogen) atoms. The minimum absolute atomic E-state index is 0.0104. The van der Waals surface area contributed by atoms with E-state index in [1.165, 1.54) is 6.92 Å². The molecule has 12 atom stereocenters. The van der Waals surface area contributed by atoms with Crippen LogP contribution >= 0.6 is 31.9 Å². The van der Waals surface area contributed by atoms with Crippen molar-refractivity contribution >= 4 is 43.6 Å². The first kappa shape index (κ1) is 26.3. The molecule has 6 fully saturated rings. The molecular weight excluding hydrogens is 588 g/mol. The zero-order valence-electron chi connectivity index (χ0n) is 22.4. The Kier molecular flexibility index (Phi) is 6.20. The fourth-order valence-corrected chi connectivity index (χ4v) is 13.0. The van der Waals surface area contributed by atoms with Gasteiger partial charge in [-0.25, -0.2) is 0 Å². The molecule has 202 valence electrons. The summed E-state index contributed by atoms with van der Waals surface area (Å²) in [5, 5.41) is 0. The molecule has 0 amide bonds. The number of Topliss-reactive ketones (excluding diaryl/α,β-unsaturated/α-hetero) is 1. The van der Waals surface area contributed by atoms with Crippen molar-refractivity contribution in [3.05, 3.63) is 0 Å². The predicted molar refractivity (Wildman–Crippen MR) is 144 cm³/mol. The minimum atomic E-state index is -0.746. The van der Waals surface area contributed by atoms with Gasteiger partial charge in [0, 0.05) is 30.6 Å². The number of carbonyl (C=O) groups is 2. The van der Waals surface area contributed by atoms with Crippen LogP contribution in [0.1, 0.15) is 86.0 Å². The van der Waals surface area contributed by atoms with Gasteiger partial charge in [-0.1, -0.05) is 59.6 Å². The number of ketones is 1. The third-order valence-corrected chi connectivity index (χ3v) is 13.7. The summed E-state index contributed by atoms with van der Waals surface area (Å²) in [6.07, 6.45) is 8.16. The number of rotatable bonds is 1. The summed E-state index contributed by atoms with van der Waals surface area (Å²) in [6, 6.07) is 0. The van der Waals surface area contributed by atoms with Gasteiger partial charge in [0.25, 0.3) is 0 Å². The Balaban J connectivity index is 1.32. The summed E-state index contributed by atoms with van der Waals surface area (Å²) in [6.45, 7) is 11.5. The zero-order valence-corrected chi connectivity index (χ0v) is 25.5. The average molecular weight is 630 g/mol. The van der Waals surface area contributed by atoms with E-state index in [-0.39, 0.29) is 41.3 Å². The maximum Gasteiger partial charge on any atom is 0.302 e. The Hall–Kier alpha value is 0.0200. The van der Waals surface area contributed by atoms with Gasteiger partial charge in [-0.2, -0.15) is 0 Å². The maximum atomic E-state index is 14.7. The first-order valence-electron chi connectivity index (χ1n) is 14.3. The lowest BCUT2D eigenvalue weighted by atomic mass is 9.44. The van der Waals surface area contributed by atoms with Crippen molar-refractivity contribution in [2.24, 2.45) is 52.3 Å². The molecule has 2 saturated heterocycles. The number of halogens is 2. The molecule has 4 saturated carbocycles. The monoisotopic (exact) mass is 628 g/mol. The zero-order chi connectivity index (χ0) is 25.8. The lowest BCUT2D eigenvalue weighted by Gasteiger charge is -2.64. The highest BCUT2D eigenvalue weighted by atomic mass is 79.9. The van der Waals surface area contributed by atoms with Crippen molar-refractivity contribution < 1.29 is 23.8 Å². The number of hydrogen-bond acceptors (Lipinski definition) is 5. The Morgan fingerprint density at radius 2 is 1.81 bits per heavy atom. The van der Waals surface area contributed by atoms with Gasteiger partial charge in [0.1, 0.15) is 9.34 Å². The van der Waals surface area contributed by atoms with Gasteiger partial charge in [-0.3, -0.25) is 9.59 Å². The van der Waals surface area contributed by atoms with Crippen LogP contribution in [0.25, 0.3) is 0 Å². The normalized spacial score (nSPS) is 55.4. The molecule has 7 heteroatoms. The van der Waals surface area contributed by atoms with E-state index in [0.717, 1.165) is 58.0 Å². The fraction of sp³-hybridized carbons (Fsp3) is 0.931. The standard InChI is InChI=1S/C29H42Br2O5/c1-15-8-11-28(34-14-15)16(2)23-22(36-28)13-21-20-7-6-18-12-19(35-17(3)32)9-10-26(18,4)24(20)29(30,31)25(33)27(21,23)5/h15-16,18-24H,6-14H2,1-5H3/t15-,16-,18-,19+,20+,21-,22-,23-,24-,26-,27-,28+/m0/s1. The van der Waals surface area contributed by atoms with Crippen LogP contribution in [0.3, 0.4) is 0 Å². The lowest BCUT2D eigenvalue weighted by Crippen LogP contribution is -2.66. The molecule has 0 aromatic heterocycles. The van der Waals surface area contributed by atoms with Crippen LogP contribution in [0.15, 0.2) is 0 Å². The number of esters is 1. The van der Waals surface area contributed by atoms with E-state index in [9.17, 15) is 9.59 Å². The number of alkyl halides is 2. The van der Waals surface area contributed by atoms with Crippen molar-refractivity contribution in [3.8, 4) is 0 Å². The second-order valence-electron chi connectivity index (χ2n) is 13.7. The summed E-state index contributed by atoms with van der Waals surface area (Å²) in [5.74, 6) is 2.03. The molecule has 6 aliphatic rings. The van der Waals surface area contributed by atoms with Crippen molar-refractivity contribution in [1.29, 1.82) is 0 Å². The number of carbonyl (C=O) groups excluding carboxylic acids is 2. The van der Waals surface area contributed by atoms with Gasteiger partial charge in [0.2, 0.25) is 0 Å². The van der Waals surface area contributed by atoms with E-state index in [1.54, 1.807) is 0 Å². The summed E-state index contributed by atoms with van der Waals surface area (Å²) in [4.78, 5) is 26.3. The smallest absolute Gasteiger partial charge is 0.302 e. The molecule has 0 unspecified atom stereocenters. The largest absolute Gasteiger partial charge is 0.463 e. The molecule has 6 rings (SSSR count). The highest BCUT2D eigenvalue weighted by molar-refractivity contribution is 9.26. The number of ether oxygens (including phenoxy) is 3. The van der Waals surface area contributed by atoms with Crippen molar-refractivity contribution in [2.75, 3.05) is 6.61 Å². The second kappa shape index (κ2) is 8.51. The van der Waals surface area contributed by atoms with Gasteiger partial charge in [-0.15, -0.1) is 0 Å². The minimum Gasteiger partial charge on any atom is -0.463 e. The summed E-state index contributed by atoms with van der Waals surface area (Å²) in [5.41, 5.74) is -0.413. The Labute approximate surface area is 232 Å². The predicted octanol–water partition coefficient (Wildman–Crippen LogP) is 6.64. The van der Waals surface area contributed by atoms with Gasteiger partial charge >= 0.3 is 5.97 Å². The van der Waals surface area contributed by atoms with Crippen LogP contribution in [0.2, 0.25) is 0 Å². The van der Waals surface area contributed by atoms with Gasteiger partial charge in [-0.05, 0) is 80.0 Å². The molecule has 0 bridgehead atoms. The van der Waals surface area contributed by atoms with E-state index >= 15 is 0 Å². The third kappa shape index (κ3) is 3.43. The van der Waals surface area contributed by atoms with Gasteiger partial charge in [0.15, 0.2) is 11.6 Å². The molecule has 1 spiro atoms. The SMILES string of the molecule is CC(=O)O[C@@H]1CC[C@@]2(C)[C@@H](CC[C@H]3[C@@H]2C(Br)(Br)C(=O)[C@]2(C)[C@@H]4[C@H](C[C@@H]32)O[C@]2(CC[C@H](C)CO2)[C@H]4C)C1. The van der Waals surface area contributed by atoms with Crippen LogP contribution in [0.5, 0.6) is 0 Å². The van der Waals surface area contributed by atoms with Crippen molar-refractivity contribution in [2.45, 2.75) is 107 Å². The summed E-state index contributed by atoms with van der Waals surface area (Å²) >= 11 is 8.09. The highest BCUT2D eigenvalue weighted by Crippen LogP contribution is 2.74. The lowest BCUT2D eigenvalue weighted by molar-refractivity contribution is -0.272. The van der Waals surface area contributed by atoms with E-state index in [1.807, 2.05) is 0 Å². The quantitative estimate of drug-likeness (QED) is 0.240. The molecule has 0 N–H and O–H groups in total. The molecule has 4 aliphatic carbocycles. The molecule has 2 aliphatic heterocycles. The van der Waals surface area contributed by atoms with Crippen molar-refractivity contribution in [1.82, 2.24) is 0 Å². The molecule has 5 nitrogen and oxygen atoms in total. The number of fused-ring (bicyclic) bond motifs is 7. The topological polar surface area (TPSA) is 61.8 Å². The van der Waals surface area contributed by atoms with Crippen LogP contribution < -0.4 is 0 Å². The van der Waals surface area contributed by atoms with Crippen LogP contribution in [0, 0.1) is 52.3 Å². The molecule has 0 aromatic carbocycles. The third-order valence-electron chi connectivity index (χ3n) is 12.0. The Morgan fingerprint density at radius 1 is 1.06 bits per heavy atom. The summed E-state index contributed by atoms with van der Waals surface area (Å²) < 4.78 is 18.2. The van der Waals surface area contributed by atoms with E-state index in [0.29, 0.717) is 29.5 Å². The fourth-order valence-electron chi connectivity index (χ4n) is 10.4. The first-order chi connectivity index (χ1) is 16.8. The van der Waals surface area contributed by atoms with Crippen LogP contribution in [-0.4, -0.2) is 39.6 Å².